The second-order valence-corrected chi connectivity index (χ2v) is 7.14. The van der Waals surface area contributed by atoms with Gasteiger partial charge >= 0.3 is 0 Å². The average molecular weight is 300 g/mol. The maximum atomic E-state index is 12.2. The number of sulfonamides is 1. The van der Waals surface area contributed by atoms with Crippen LogP contribution in [0.1, 0.15) is 19.8 Å². The van der Waals surface area contributed by atoms with Crippen molar-refractivity contribution < 1.29 is 13.2 Å². The largest absolute Gasteiger partial charge is 0.350 e. The van der Waals surface area contributed by atoms with E-state index in [0.717, 1.165) is 12.7 Å². The maximum Gasteiger partial charge on any atom is 0.238 e. The summed E-state index contributed by atoms with van der Waals surface area (Å²) in [4.78, 5) is 16.1. The number of imidazole rings is 1. The van der Waals surface area contributed by atoms with Crippen molar-refractivity contribution in [1.82, 2.24) is 19.2 Å². The molecule has 7 nitrogen and oxygen atoms in total. The normalized spacial score (nSPS) is 21.8. The van der Waals surface area contributed by atoms with Gasteiger partial charge < -0.3 is 9.88 Å². The standard InChI is InChI=1S/C12H20N4O3S/c1-10(8-15-7-5-13-9-15)14-12(17)11-4-3-6-16(11)20(2,18)19/h5,7,9-11H,3-4,6,8H2,1-2H3,(H,14,17). The first-order chi connectivity index (χ1) is 9.38. The van der Waals surface area contributed by atoms with Gasteiger partial charge in [0.1, 0.15) is 6.04 Å². The molecular formula is C12H20N4O3S. The second kappa shape index (κ2) is 5.92. The predicted octanol–water partition coefficient (Wildman–Crippen LogP) is -0.188. The van der Waals surface area contributed by atoms with Gasteiger partial charge in [-0.15, -0.1) is 0 Å². The van der Waals surface area contributed by atoms with E-state index in [9.17, 15) is 13.2 Å². The molecule has 1 fully saturated rings. The lowest BCUT2D eigenvalue weighted by Gasteiger charge is -2.23. The number of carbonyl (C=O) groups is 1. The summed E-state index contributed by atoms with van der Waals surface area (Å²) in [5.41, 5.74) is 0. The van der Waals surface area contributed by atoms with Crippen molar-refractivity contribution in [2.75, 3.05) is 12.8 Å². The highest BCUT2D eigenvalue weighted by Gasteiger charge is 2.36. The van der Waals surface area contributed by atoms with E-state index in [4.69, 9.17) is 0 Å². The summed E-state index contributed by atoms with van der Waals surface area (Å²) in [5, 5.41) is 2.87. The number of nitrogens with zero attached hydrogens (tertiary/aromatic N) is 3. The van der Waals surface area contributed by atoms with Crippen LogP contribution in [0.15, 0.2) is 18.7 Å². The molecule has 2 atom stereocenters. The van der Waals surface area contributed by atoms with E-state index in [1.165, 1.54) is 4.31 Å². The smallest absolute Gasteiger partial charge is 0.238 e. The third-order valence-electron chi connectivity index (χ3n) is 3.36. The fourth-order valence-corrected chi connectivity index (χ4v) is 3.62. The van der Waals surface area contributed by atoms with Crippen LogP contribution in [0.5, 0.6) is 0 Å². The van der Waals surface area contributed by atoms with Crippen LogP contribution in [0.2, 0.25) is 0 Å². The quantitative estimate of drug-likeness (QED) is 0.817. The lowest BCUT2D eigenvalue weighted by molar-refractivity contribution is -0.124. The topological polar surface area (TPSA) is 84.3 Å². The molecule has 1 aromatic heterocycles. The molecule has 1 saturated heterocycles. The first-order valence-electron chi connectivity index (χ1n) is 6.61. The van der Waals surface area contributed by atoms with Gasteiger partial charge in [0.25, 0.3) is 0 Å². The minimum Gasteiger partial charge on any atom is -0.350 e. The van der Waals surface area contributed by atoms with Gasteiger partial charge in [0, 0.05) is 31.5 Å². The highest BCUT2D eigenvalue weighted by molar-refractivity contribution is 7.88. The zero-order valence-corrected chi connectivity index (χ0v) is 12.5. The van der Waals surface area contributed by atoms with E-state index in [1.807, 2.05) is 17.7 Å². The van der Waals surface area contributed by atoms with Crippen molar-refractivity contribution in [3.8, 4) is 0 Å². The van der Waals surface area contributed by atoms with Crippen LogP contribution in [0.3, 0.4) is 0 Å². The Bertz CT molecular complexity index is 555. The number of hydrogen-bond donors (Lipinski definition) is 1. The van der Waals surface area contributed by atoms with Gasteiger partial charge in [0.15, 0.2) is 0 Å². The monoisotopic (exact) mass is 300 g/mol. The number of aromatic nitrogens is 2. The Labute approximate surface area is 119 Å². The van der Waals surface area contributed by atoms with Gasteiger partial charge in [-0.25, -0.2) is 13.4 Å². The summed E-state index contributed by atoms with van der Waals surface area (Å²) >= 11 is 0. The molecule has 0 aliphatic carbocycles. The minimum atomic E-state index is -3.33. The number of hydrogen-bond acceptors (Lipinski definition) is 4. The fourth-order valence-electron chi connectivity index (χ4n) is 2.49. The molecule has 1 aromatic rings. The molecule has 2 rings (SSSR count). The summed E-state index contributed by atoms with van der Waals surface area (Å²) in [6.07, 6.45) is 7.63. The Hall–Kier alpha value is -1.41. The van der Waals surface area contributed by atoms with Crippen molar-refractivity contribution in [1.29, 1.82) is 0 Å². The van der Waals surface area contributed by atoms with Gasteiger partial charge in [0.05, 0.1) is 12.6 Å². The van der Waals surface area contributed by atoms with Crippen LogP contribution >= 0.6 is 0 Å². The molecule has 1 amide bonds. The molecule has 1 aliphatic heterocycles. The summed E-state index contributed by atoms with van der Waals surface area (Å²) in [5.74, 6) is -0.222. The zero-order valence-electron chi connectivity index (χ0n) is 11.7. The van der Waals surface area contributed by atoms with E-state index in [0.29, 0.717) is 19.5 Å². The molecule has 2 unspecified atom stereocenters. The Kier molecular flexibility index (Phi) is 4.44. The van der Waals surface area contributed by atoms with Crippen LogP contribution in [0.4, 0.5) is 0 Å². The molecule has 0 aromatic carbocycles. The first kappa shape index (κ1) is 15.0. The Balaban J connectivity index is 1.94. The zero-order chi connectivity index (χ0) is 14.8. The van der Waals surface area contributed by atoms with E-state index in [1.54, 1.807) is 12.5 Å². The molecule has 1 N–H and O–H groups in total. The molecule has 112 valence electrons. The fraction of sp³-hybridized carbons (Fsp3) is 0.667. The van der Waals surface area contributed by atoms with Gasteiger partial charge in [-0.1, -0.05) is 0 Å². The molecule has 0 bridgehead atoms. The van der Waals surface area contributed by atoms with Gasteiger partial charge in [-0.05, 0) is 19.8 Å². The minimum absolute atomic E-state index is 0.0845. The SMILES string of the molecule is CC(Cn1ccnc1)NC(=O)C1CCCN1S(C)(=O)=O. The highest BCUT2D eigenvalue weighted by atomic mass is 32.2. The summed E-state index contributed by atoms with van der Waals surface area (Å²) in [7, 11) is -3.33. The van der Waals surface area contributed by atoms with Crippen molar-refractivity contribution in [2.45, 2.75) is 38.4 Å². The maximum absolute atomic E-state index is 12.2. The van der Waals surface area contributed by atoms with Crippen LogP contribution < -0.4 is 5.32 Å². The number of amides is 1. The van der Waals surface area contributed by atoms with E-state index >= 15 is 0 Å². The molecule has 8 heteroatoms. The lowest BCUT2D eigenvalue weighted by Crippen LogP contribution is -2.48. The third kappa shape index (κ3) is 3.57. The van der Waals surface area contributed by atoms with E-state index < -0.39 is 16.1 Å². The van der Waals surface area contributed by atoms with Crippen LogP contribution in [0.25, 0.3) is 0 Å². The van der Waals surface area contributed by atoms with Crippen molar-refractivity contribution in [3.63, 3.8) is 0 Å². The van der Waals surface area contributed by atoms with Crippen LogP contribution in [0, 0.1) is 0 Å². The molecule has 0 spiro atoms. The van der Waals surface area contributed by atoms with Gasteiger partial charge in [0.2, 0.25) is 15.9 Å². The molecule has 2 heterocycles. The Morgan fingerprint density at radius 3 is 2.90 bits per heavy atom. The molecular weight excluding hydrogens is 280 g/mol. The molecule has 0 saturated carbocycles. The summed E-state index contributed by atoms with van der Waals surface area (Å²) in [6.45, 7) is 2.92. The second-order valence-electron chi connectivity index (χ2n) is 5.20. The van der Waals surface area contributed by atoms with E-state index in [2.05, 4.69) is 10.3 Å². The van der Waals surface area contributed by atoms with Gasteiger partial charge in [-0.3, -0.25) is 4.79 Å². The summed E-state index contributed by atoms with van der Waals surface area (Å²) < 4.78 is 26.4. The van der Waals surface area contributed by atoms with Crippen molar-refractivity contribution in [2.24, 2.45) is 0 Å². The van der Waals surface area contributed by atoms with Gasteiger partial charge in [-0.2, -0.15) is 4.31 Å². The number of rotatable bonds is 5. The number of nitrogens with one attached hydrogen (secondary N) is 1. The van der Waals surface area contributed by atoms with Crippen molar-refractivity contribution in [3.05, 3.63) is 18.7 Å². The predicted molar refractivity (Wildman–Crippen MR) is 74.4 cm³/mol. The summed E-state index contributed by atoms with van der Waals surface area (Å²) in [6, 6.07) is -0.658. The first-order valence-corrected chi connectivity index (χ1v) is 8.45. The van der Waals surface area contributed by atoms with Crippen LogP contribution in [-0.2, 0) is 21.4 Å². The number of carbonyl (C=O) groups excluding carboxylic acids is 1. The lowest BCUT2D eigenvalue weighted by atomic mass is 10.2. The molecule has 20 heavy (non-hydrogen) atoms. The van der Waals surface area contributed by atoms with E-state index in [-0.39, 0.29) is 11.9 Å². The molecule has 1 aliphatic rings. The van der Waals surface area contributed by atoms with Crippen molar-refractivity contribution >= 4 is 15.9 Å². The van der Waals surface area contributed by atoms with Crippen LogP contribution in [-0.4, -0.2) is 53.1 Å². The third-order valence-corrected chi connectivity index (χ3v) is 4.65. The highest BCUT2D eigenvalue weighted by Crippen LogP contribution is 2.20. The molecule has 0 radical (unpaired) electrons. The Morgan fingerprint density at radius 2 is 2.30 bits per heavy atom. The Morgan fingerprint density at radius 1 is 1.55 bits per heavy atom. The average Bonchev–Trinajstić information content (AvgIpc) is 2.96.